The molecule has 0 unspecified atom stereocenters. The van der Waals surface area contributed by atoms with Crippen LogP contribution in [0.4, 0.5) is 5.69 Å². The summed E-state index contributed by atoms with van der Waals surface area (Å²) in [4.78, 5) is 27.1. The van der Waals surface area contributed by atoms with Gasteiger partial charge in [-0.15, -0.1) is 0 Å². The first-order chi connectivity index (χ1) is 12.2. The zero-order valence-corrected chi connectivity index (χ0v) is 13.9. The molecule has 2 aromatic carbocycles. The van der Waals surface area contributed by atoms with Gasteiger partial charge in [-0.05, 0) is 35.4 Å². The summed E-state index contributed by atoms with van der Waals surface area (Å²) < 4.78 is 5.19. The summed E-state index contributed by atoms with van der Waals surface area (Å²) in [5.74, 6) is 0.539. The van der Waals surface area contributed by atoms with Crippen LogP contribution in [-0.4, -0.2) is 49.5 Å². The molecule has 1 saturated heterocycles. The van der Waals surface area contributed by atoms with Crippen LogP contribution in [0.1, 0.15) is 10.4 Å². The average molecular weight is 337 g/mol. The number of fused-ring (bicyclic) bond motifs is 2. The highest BCUT2D eigenvalue weighted by atomic mass is 16.5. The fourth-order valence-corrected chi connectivity index (χ4v) is 3.35. The molecule has 0 spiro atoms. The lowest BCUT2D eigenvalue weighted by molar-refractivity contribution is -0.120. The van der Waals surface area contributed by atoms with Crippen molar-refractivity contribution in [2.24, 2.45) is 0 Å². The smallest absolute Gasteiger partial charge is 0.256 e. The Labute approximate surface area is 145 Å². The second kappa shape index (κ2) is 6.22. The van der Waals surface area contributed by atoms with Crippen molar-refractivity contribution in [1.82, 2.24) is 10.2 Å². The molecule has 2 heterocycles. The molecule has 2 amide bonds. The van der Waals surface area contributed by atoms with Gasteiger partial charge in [0.05, 0.1) is 18.4 Å². The molecule has 128 valence electrons. The van der Waals surface area contributed by atoms with Crippen molar-refractivity contribution in [1.29, 1.82) is 0 Å². The molecular weight excluding hydrogens is 318 g/mol. The molecule has 2 N–H and O–H groups in total. The Hall–Kier alpha value is -2.86. The van der Waals surface area contributed by atoms with Crippen molar-refractivity contribution in [2.45, 2.75) is 6.04 Å². The average Bonchev–Trinajstić information content (AvgIpc) is 2.77. The number of methoxy groups -OCH3 is 1. The molecular formula is C19H19N3O3. The van der Waals surface area contributed by atoms with Crippen molar-refractivity contribution >= 4 is 17.5 Å². The molecule has 6 nitrogen and oxygen atoms in total. The van der Waals surface area contributed by atoms with E-state index in [1.165, 1.54) is 0 Å². The topological polar surface area (TPSA) is 70.7 Å². The van der Waals surface area contributed by atoms with Gasteiger partial charge in [0, 0.05) is 19.6 Å². The Morgan fingerprint density at radius 2 is 1.84 bits per heavy atom. The number of hydrogen-bond donors (Lipinski definition) is 2. The Kier molecular flexibility index (Phi) is 3.89. The number of rotatable bonds is 2. The van der Waals surface area contributed by atoms with Crippen LogP contribution < -0.4 is 15.4 Å². The fourth-order valence-electron chi connectivity index (χ4n) is 3.35. The Morgan fingerprint density at radius 1 is 1.08 bits per heavy atom. The van der Waals surface area contributed by atoms with Crippen molar-refractivity contribution < 1.29 is 14.3 Å². The first-order valence-corrected chi connectivity index (χ1v) is 8.28. The molecule has 25 heavy (non-hydrogen) atoms. The van der Waals surface area contributed by atoms with E-state index in [0.717, 1.165) is 16.9 Å². The highest BCUT2D eigenvalue weighted by molar-refractivity contribution is 6.10. The standard InChI is InChI=1S/C19H19N3O3/c1-25-14-5-2-12(3-6-14)13-4-7-16-15(10-13)19(24)22-9-8-20-11-17(22)18(23)21-16/h2-7,10,17,20H,8-9,11H2,1H3,(H,21,23)/t17-/m1/s1. The lowest BCUT2D eigenvalue weighted by atomic mass is 10.0. The molecule has 2 aliphatic rings. The van der Waals surface area contributed by atoms with E-state index < -0.39 is 6.04 Å². The molecule has 0 aromatic heterocycles. The second-order valence-corrected chi connectivity index (χ2v) is 6.20. The number of piperazine rings is 1. The van der Waals surface area contributed by atoms with Crippen LogP contribution in [0.15, 0.2) is 42.5 Å². The van der Waals surface area contributed by atoms with Gasteiger partial charge in [-0.3, -0.25) is 9.59 Å². The van der Waals surface area contributed by atoms with Crippen molar-refractivity contribution in [3.63, 3.8) is 0 Å². The lowest BCUT2D eigenvalue weighted by Gasteiger charge is -2.33. The minimum atomic E-state index is -0.460. The van der Waals surface area contributed by atoms with E-state index in [-0.39, 0.29) is 11.8 Å². The van der Waals surface area contributed by atoms with Gasteiger partial charge in [0.15, 0.2) is 0 Å². The fraction of sp³-hybridized carbons (Fsp3) is 0.263. The second-order valence-electron chi connectivity index (χ2n) is 6.20. The summed E-state index contributed by atoms with van der Waals surface area (Å²) in [6.07, 6.45) is 0. The minimum Gasteiger partial charge on any atom is -0.497 e. The number of nitrogens with zero attached hydrogens (tertiary/aromatic N) is 1. The Bertz CT molecular complexity index is 832. The van der Waals surface area contributed by atoms with E-state index >= 15 is 0 Å². The predicted molar refractivity (Wildman–Crippen MR) is 94.8 cm³/mol. The van der Waals surface area contributed by atoms with E-state index in [9.17, 15) is 9.59 Å². The van der Waals surface area contributed by atoms with Crippen LogP contribution in [0.3, 0.4) is 0 Å². The molecule has 0 bridgehead atoms. The lowest BCUT2D eigenvalue weighted by Crippen LogP contribution is -2.57. The van der Waals surface area contributed by atoms with Gasteiger partial charge in [0.25, 0.3) is 5.91 Å². The summed E-state index contributed by atoms with van der Waals surface area (Å²) in [6, 6.07) is 12.8. The summed E-state index contributed by atoms with van der Waals surface area (Å²) >= 11 is 0. The number of benzene rings is 2. The molecule has 0 radical (unpaired) electrons. The number of anilines is 1. The molecule has 6 heteroatoms. The third-order valence-electron chi connectivity index (χ3n) is 4.74. The van der Waals surface area contributed by atoms with Crippen molar-refractivity contribution in [2.75, 3.05) is 32.1 Å². The minimum absolute atomic E-state index is 0.102. The van der Waals surface area contributed by atoms with Crippen LogP contribution in [0.5, 0.6) is 5.75 Å². The third kappa shape index (κ3) is 2.74. The van der Waals surface area contributed by atoms with Crippen LogP contribution >= 0.6 is 0 Å². The normalized spacial score (nSPS) is 19.6. The van der Waals surface area contributed by atoms with Gasteiger partial charge in [0.2, 0.25) is 5.91 Å². The number of carbonyl (C=O) groups excluding carboxylic acids is 2. The van der Waals surface area contributed by atoms with Crippen LogP contribution in [0, 0.1) is 0 Å². The molecule has 2 aromatic rings. The highest BCUT2D eigenvalue weighted by Crippen LogP contribution is 2.30. The quantitative estimate of drug-likeness (QED) is 0.876. The largest absolute Gasteiger partial charge is 0.497 e. The first kappa shape index (κ1) is 15.7. The zero-order chi connectivity index (χ0) is 17.4. The van der Waals surface area contributed by atoms with Gasteiger partial charge in [-0.2, -0.15) is 0 Å². The van der Waals surface area contributed by atoms with Gasteiger partial charge in [-0.25, -0.2) is 0 Å². The van der Waals surface area contributed by atoms with Gasteiger partial charge in [-0.1, -0.05) is 18.2 Å². The molecule has 0 saturated carbocycles. The molecule has 2 aliphatic heterocycles. The maximum Gasteiger partial charge on any atom is 0.256 e. The number of ether oxygens (including phenoxy) is 1. The maximum atomic E-state index is 13.0. The number of carbonyl (C=O) groups is 2. The van der Waals surface area contributed by atoms with Crippen LogP contribution in [0.2, 0.25) is 0 Å². The zero-order valence-electron chi connectivity index (χ0n) is 13.9. The molecule has 1 fully saturated rings. The Balaban J connectivity index is 1.74. The monoisotopic (exact) mass is 337 g/mol. The van der Waals surface area contributed by atoms with Crippen LogP contribution in [-0.2, 0) is 4.79 Å². The Morgan fingerprint density at radius 3 is 2.60 bits per heavy atom. The van der Waals surface area contributed by atoms with Crippen molar-refractivity contribution in [3.8, 4) is 16.9 Å². The molecule has 1 atom stereocenters. The van der Waals surface area contributed by atoms with Crippen molar-refractivity contribution in [3.05, 3.63) is 48.0 Å². The summed E-state index contributed by atoms with van der Waals surface area (Å²) in [6.45, 7) is 1.71. The summed E-state index contributed by atoms with van der Waals surface area (Å²) in [5.41, 5.74) is 3.02. The first-order valence-electron chi connectivity index (χ1n) is 8.28. The summed E-state index contributed by atoms with van der Waals surface area (Å²) in [5, 5.41) is 6.06. The number of nitrogens with one attached hydrogen (secondary N) is 2. The predicted octanol–water partition coefficient (Wildman–Crippen LogP) is 1.73. The van der Waals surface area contributed by atoms with Gasteiger partial charge in [0.1, 0.15) is 11.8 Å². The van der Waals surface area contributed by atoms with E-state index in [2.05, 4.69) is 10.6 Å². The third-order valence-corrected chi connectivity index (χ3v) is 4.74. The maximum absolute atomic E-state index is 13.0. The number of amides is 2. The molecule has 4 rings (SSSR count). The van der Waals surface area contributed by atoms with E-state index in [4.69, 9.17) is 4.74 Å². The SMILES string of the molecule is COc1ccc(-c2ccc3c(c2)C(=O)N2CCNC[C@@H]2C(=O)N3)cc1. The van der Waals surface area contributed by atoms with E-state index in [1.807, 2.05) is 36.4 Å². The molecule has 0 aliphatic carbocycles. The van der Waals surface area contributed by atoms with E-state index in [1.54, 1.807) is 18.1 Å². The van der Waals surface area contributed by atoms with Crippen LogP contribution in [0.25, 0.3) is 11.1 Å². The summed E-state index contributed by atoms with van der Waals surface area (Å²) in [7, 11) is 1.63. The van der Waals surface area contributed by atoms with Gasteiger partial charge < -0.3 is 20.3 Å². The highest BCUT2D eigenvalue weighted by Gasteiger charge is 2.36. The number of hydrogen-bond acceptors (Lipinski definition) is 4. The van der Waals surface area contributed by atoms with Gasteiger partial charge >= 0.3 is 0 Å². The van der Waals surface area contributed by atoms with E-state index in [0.29, 0.717) is 30.9 Å².